The molecular weight excluding hydrogens is 425 g/mol. The topological polar surface area (TPSA) is 37.6 Å². The van der Waals surface area contributed by atoms with Crippen molar-refractivity contribution in [1.82, 2.24) is 4.98 Å². The van der Waals surface area contributed by atoms with E-state index in [2.05, 4.69) is 65.8 Å². The minimum absolute atomic E-state index is 0. The summed E-state index contributed by atoms with van der Waals surface area (Å²) in [5, 5.41) is 0. The maximum atomic E-state index is 4.91. The van der Waals surface area contributed by atoms with Crippen molar-refractivity contribution < 1.29 is 16.8 Å². The van der Waals surface area contributed by atoms with E-state index in [0.717, 1.165) is 34.2 Å². The molecule has 0 unspecified atom stereocenters. The summed E-state index contributed by atoms with van der Waals surface area (Å²) >= 11 is 0. The maximum absolute atomic E-state index is 4.91. The first-order valence-corrected chi connectivity index (χ1v) is 10.4. The van der Waals surface area contributed by atoms with Crippen molar-refractivity contribution >= 4 is 22.8 Å². The molecule has 0 aliphatic heterocycles. The minimum atomic E-state index is 0. The summed E-state index contributed by atoms with van der Waals surface area (Å²) in [4.78, 5) is 14.7. The fourth-order valence-corrected chi connectivity index (χ4v) is 3.99. The van der Waals surface area contributed by atoms with Gasteiger partial charge in [-0.1, -0.05) is 41.5 Å². The molecule has 4 heteroatoms. The van der Waals surface area contributed by atoms with Crippen LogP contribution in [-0.4, -0.2) is 16.4 Å². The Labute approximate surface area is 197 Å². The predicted molar refractivity (Wildman–Crippen MR) is 129 cm³/mol. The molecule has 3 aromatic rings. The molecule has 2 aromatic carbocycles. The van der Waals surface area contributed by atoms with Crippen LogP contribution in [0.25, 0.3) is 0 Å². The van der Waals surface area contributed by atoms with Gasteiger partial charge in [0.25, 0.3) is 0 Å². The second kappa shape index (κ2) is 10.2. The first-order chi connectivity index (χ1) is 14.2. The Morgan fingerprint density at radius 2 is 0.935 bits per heavy atom. The molecule has 1 aromatic heterocycles. The Hall–Kier alpha value is -2.56. The molecule has 31 heavy (non-hydrogen) atoms. The molecule has 0 bridgehead atoms. The van der Waals surface area contributed by atoms with Gasteiger partial charge in [0.05, 0.1) is 34.2 Å². The third-order valence-corrected chi connectivity index (χ3v) is 5.32. The molecule has 163 valence electrons. The van der Waals surface area contributed by atoms with E-state index >= 15 is 0 Å². The number of aliphatic imine (C=N–C) groups is 2. The van der Waals surface area contributed by atoms with Gasteiger partial charge in [-0.2, -0.15) is 0 Å². The third kappa shape index (κ3) is 5.78. The molecule has 0 amide bonds. The van der Waals surface area contributed by atoms with Crippen LogP contribution in [0.5, 0.6) is 0 Å². The number of rotatable bonds is 4. The summed E-state index contributed by atoms with van der Waals surface area (Å²) in [6, 6.07) is 14.7. The summed E-state index contributed by atoms with van der Waals surface area (Å²) in [5.41, 5.74) is 12.9. The van der Waals surface area contributed by atoms with Crippen molar-refractivity contribution in [2.45, 2.75) is 55.4 Å². The van der Waals surface area contributed by atoms with Crippen molar-refractivity contribution in [3.8, 4) is 0 Å². The van der Waals surface area contributed by atoms with Gasteiger partial charge >= 0.3 is 0 Å². The molecular formula is C27H31CoN3. The number of hydrogen-bond donors (Lipinski definition) is 0. The van der Waals surface area contributed by atoms with E-state index < -0.39 is 0 Å². The van der Waals surface area contributed by atoms with E-state index in [1.54, 1.807) is 0 Å². The van der Waals surface area contributed by atoms with E-state index in [0.29, 0.717) is 0 Å². The van der Waals surface area contributed by atoms with Gasteiger partial charge in [-0.3, -0.25) is 9.98 Å². The number of aryl methyl sites for hydroxylation is 6. The molecule has 0 aliphatic carbocycles. The monoisotopic (exact) mass is 456 g/mol. The number of aromatic nitrogens is 1. The maximum Gasteiger partial charge on any atom is 0.0849 e. The summed E-state index contributed by atoms with van der Waals surface area (Å²) in [7, 11) is 0. The van der Waals surface area contributed by atoms with Gasteiger partial charge in [0, 0.05) is 16.8 Å². The molecule has 0 spiro atoms. The van der Waals surface area contributed by atoms with Gasteiger partial charge < -0.3 is 0 Å². The van der Waals surface area contributed by atoms with Gasteiger partial charge in [0.15, 0.2) is 0 Å². The van der Waals surface area contributed by atoms with E-state index in [4.69, 9.17) is 15.0 Å². The summed E-state index contributed by atoms with van der Waals surface area (Å²) in [5.74, 6) is 0. The Balaban J connectivity index is 0.00000341. The van der Waals surface area contributed by atoms with Crippen molar-refractivity contribution in [2.75, 3.05) is 0 Å². The first kappa shape index (κ1) is 24.7. The Morgan fingerprint density at radius 3 is 1.26 bits per heavy atom. The van der Waals surface area contributed by atoms with Gasteiger partial charge in [-0.25, -0.2) is 4.98 Å². The molecule has 0 aliphatic rings. The van der Waals surface area contributed by atoms with E-state index in [9.17, 15) is 0 Å². The van der Waals surface area contributed by atoms with Crippen LogP contribution in [0.15, 0.2) is 52.4 Å². The zero-order valence-electron chi connectivity index (χ0n) is 19.7. The fourth-order valence-electron chi connectivity index (χ4n) is 3.99. The molecule has 0 N–H and O–H groups in total. The number of pyridine rings is 1. The molecule has 0 saturated heterocycles. The van der Waals surface area contributed by atoms with Gasteiger partial charge in [-0.05, 0) is 89.8 Å². The fraction of sp³-hybridized carbons (Fsp3) is 0.296. The molecule has 0 atom stereocenters. The predicted octanol–water partition coefficient (Wildman–Crippen LogP) is 7.21. The smallest absolute Gasteiger partial charge is 0.0849 e. The Bertz CT molecular complexity index is 1040. The Morgan fingerprint density at radius 1 is 0.613 bits per heavy atom. The second-order valence-electron chi connectivity index (χ2n) is 8.30. The Kier molecular flexibility index (Phi) is 8.10. The molecule has 0 fully saturated rings. The van der Waals surface area contributed by atoms with Crippen LogP contribution in [0.4, 0.5) is 11.4 Å². The average molecular weight is 456 g/mol. The molecule has 1 heterocycles. The number of benzene rings is 2. The SMILES string of the molecule is CC(=Nc1c(C)cc(C)cc1C)c1cccc(C(C)=Nc2c(C)cc(C)cc2C)n1.[Co]. The first-order valence-electron chi connectivity index (χ1n) is 10.4. The molecule has 3 rings (SSSR count). The summed E-state index contributed by atoms with van der Waals surface area (Å²) in [6.07, 6.45) is 0. The van der Waals surface area contributed by atoms with Crippen LogP contribution in [0, 0.1) is 41.5 Å². The summed E-state index contributed by atoms with van der Waals surface area (Å²) < 4.78 is 0. The molecule has 0 saturated carbocycles. The molecule has 1 radical (unpaired) electrons. The number of nitrogens with zero attached hydrogens (tertiary/aromatic N) is 3. The van der Waals surface area contributed by atoms with Crippen molar-refractivity contribution in [3.63, 3.8) is 0 Å². The van der Waals surface area contributed by atoms with E-state index in [1.807, 2.05) is 32.0 Å². The quantitative estimate of drug-likeness (QED) is 0.382. The minimum Gasteiger partial charge on any atom is -0.251 e. The normalized spacial score (nSPS) is 12.0. The van der Waals surface area contributed by atoms with Gasteiger partial charge in [0.1, 0.15) is 0 Å². The van der Waals surface area contributed by atoms with Gasteiger partial charge in [0.2, 0.25) is 0 Å². The van der Waals surface area contributed by atoms with Crippen molar-refractivity contribution in [2.24, 2.45) is 9.98 Å². The van der Waals surface area contributed by atoms with E-state index in [1.165, 1.54) is 33.4 Å². The van der Waals surface area contributed by atoms with Crippen LogP contribution in [0.1, 0.15) is 58.6 Å². The standard InChI is InChI=1S/C27H31N3.Co/c1-16-12-18(3)26(19(4)13-16)28-22(7)24-10-9-11-25(30-24)23(8)29-27-20(5)14-17(2)15-21(27)6;/h9-15H,1-8H3;. The van der Waals surface area contributed by atoms with Crippen molar-refractivity contribution in [3.05, 3.63) is 87.2 Å². The van der Waals surface area contributed by atoms with E-state index in [-0.39, 0.29) is 16.8 Å². The zero-order chi connectivity index (χ0) is 22.0. The van der Waals surface area contributed by atoms with Crippen LogP contribution in [-0.2, 0) is 16.8 Å². The van der Waals surface area contributed by atoms with Crippen LogP contribution < -0.4 is 0 Å². The van der Waals surface area contributed by atoms with Crippen LogP contribution in [0.2, 0.25) is 0 Å². The van der Waals surface area contributed by atoms with Crippen LogP contribution in [0.3, 0.4) is 0 Å². The average Bonchev–Trinajstić information content (AvgIpc) is 2.67. The zero-order valence-corrected chi connectivity index (χ0v) is 20.8. The third-order valence-electron chi connectivity index (χ3n) is 5.32. The van der Waals surface area contributed by atoms with Crippen molar-refractivity contribution in [1.29, 1.82) is 0 Å². The second-order valence-corrected chi connectivity index (χ2v) is 8.30. The van der Waals surface area contributed by atoms with Crippen LogP contribution >= 0.6 is 0 Å². The number of hydrogen-bond acceptors (Lipinski definition) is 3. The largest absolute Gasteiger partial charge is 0.251 e. The molecule has 3 nitrogen and oxygen atoms in total. The summed E-state index contributed by atoms with van der Waals surface area (Å²) in [6.45, 7) is 16.7. The van der Waals surface area contributed by atoms with Gasteiger partial charge in [-0.15, -0.1) is 0 Å².